The van der Waals surface area contributed by atoms with Gasteiger partial charge in [0.25, 0.3) is 0 Å². The van der Waals surface area contributed by atoms with Crippen molar-refractivity contribution in [2.45, 2.75) is 24.7 Å². The van der Waals surface area contributed by atoms with Crippen LogP contribution in [0.3, 0.4) is 0 Å². The summed E-state index contributed by atoms with van der Waals surface area (Å²) in [5.74, 6) is 0.0551. The standard InChI is InChI=1S/C17H17FO2S/c1-13-4-2-5-16(12-13)21(20)11-3-6-17(19)14-7-9-15(18)10-8-14/h2,4-5,7-10,12H,3,6,11H2,1H3. The second-order valence-corrected chi connectivity index (χ2v) is 6.47. The number of benzene rings is 2. The maximum Gasteiger partial charge on any atom is 0.162 e. The molecule has 0 radical (unpaired) electrons. The van der Waals surface area contributed by atoms with E-state index in [-0.39, 0.29) is 11.6 Å². The van der Waals surface area contributed by atoms with Gasteiger partial charge < -0.3 is 0 Å². The van der Waals surface area contributed by atoms with Crippen LogP contribution in [0, 0.1) is 12.7 Å². The monoisotopic (exact) mass is 304 g/mol. The van der Waals surface area contributed by atoms with Crippen molar-refractivity contribution in [3.8, 4) is 0 Å². The van der Waals surface area contributed by atoms with E-state index in [9.17, 15) is 13.4 Å². The van der Waals surface area contributed by atoms with Crippen LogP contribution in [-0.4, -0.2) is 15.7 Å². The quantitative estimate of drug-likeness (QED) is 0.758. The molecule has 0 aromatic heterocycles. The fourth-order valence-corrected chi connectivity index (χ4v) is 3.21. The minimum Gasteiger partial charge on any atom is -0.294 e. The van der Waals surface area contributed by atoms with Crippen LogP contribution in [0.1, 0.15) is 28.8 Å². The second kappa shape index (κ2) is 7.27. The van der Waals surface area contributed by atoms with Gasteiger partial charge in [-0.2, -0.15) is 0 Å². The third kappa shape index (κ3) is 4.60. The van der Waals surface area contributed by atoms with Gasteiger partial charge in [-0.1, -0.05) is 12.1 Å². The van der Waals surface area contributed by atoms with Crippen LogP contribution in [-0.2, 0) is 10.8 Å². The molecule has 1 unspecified atom stereocenters. The van der Waals surface area contributed by atoms with E-state index in [1.54, 1.807) is 0 Å². The SMILES string of the molecule is Cc1cccc(S(=O)CCCC(=O)c2ccc(F)cc2)c1. The van der Waals surface area contributed by atoms with Gasteiger partial charge in [0, 0.05) is 22.6 Å². The molecule has 2 aromatic carbocycles. The molecular formula is C17H17FO2S. The van der Waals surface area contributed by atoms with Crippen molar-refractivity contribution in [1.29, 1.82) is 0 Å². The average molecular weight is 304 g/mol. The Morgan fingerprint density at radius 2 is 1.86 bits per heavy atom. The first kappa shape index (κ1) is 15.6. The molecule has 110 valence electrons. The zero-order chi connectivity index (χ0) is 15.2. The lowest BCUT2D eigenvalue weighted by atomic mass is 10.1. The van der Waals surface area contributed by atoms with E-state index in [0.717, 1.165) is 10.5 Å². The van der Waals surface area contributed by atoms with Crippen molar-refractivity contribution >= 4 is 16.6 Å². The fourth-order valence-electron chi connectivity index (χ4n) is 2.02. The van der Waals surface area contributed by atoms with E-state index in [0.29, 0.717) is 24.2 Å². The molecule has 0 aliphatic heterocycles. The first-order valence-corrected chi connectivity index (χ1v) is 8.12. The van der Waals surface area contributed by atoms with Crippen molar-refractivity contribution in [3.05, 3.63) is 65.5 Å². The molecule has 0 spiro atoms. The number of ketones is 1. The van der Waals surface area contributed by atoms with E-state index in [1.807, 2.05) is 31.2 Å². The van der Waals surface area contributed by atoms with Crippen LogP contribution in [0.2, 0.25) is 0 Å². The zero-order valence-corrected chi connectivity index (χ0v) is 12.7. The van der Waals surface area contributed by atoms with E-state index in [1.165, 1.54) is 24.3 Å². The summed E-state index contributed by atoms with van der Waals surface area (Å²) in [5.41, 5.74) is 1.57. The van der Waals surface area contributed by atoms with Gasteiger partial charge in [-0.05, 0) is 55.3 Å². The van der Waals surface area contributed by atoms with Crippen LogP contribution >= 0.6 is 0 Å². The molecule has 2 nitrogen and oxygen atoms in total. The molecule has 0 aliphatic carbocycles. The number of Topliss-reactive ketones (excluding diaryl/α,β-unsaturated/α-hetero) is 1. The molecule has 1 atom stereocenters. The highest BCUT2D eigenvalue weighted by Crippen LogP contribution is 2.12. The molecule has 2 rings (SSSR count). The Balaban J connectivity index is 1.85. The first-order chi connectivity index (χ1) is 10.1. The minimum absolute atomic E-state index is 0.0451. The Hall–Kier alpha value is -1.81. The number of aryl methyl sites for hydroxylation is 1. The molecule has 4 heteroatoms. The molecule has 21 heavy (non-hydrogen) atoms. The Morgan fingerprint density at radius 1 is 1.14 bits per heavy atom. The maximum atomic E-state index is 12.8. The highest BCUT2D eigenvalue weighted by atomic mass is 32.2. The molecule has 0 bridgehead atoms. The van der Waals surface area contributed by atoms with Gasteiger partial charge in [-0.3, -0.25) is 9.00 Å². The smallest absolute Gasteiger partial charge is 0.162 e. The molecule has 2 aromatic rings. The zero-order valence-electron chi connectivity index (χ0n) is 11.8. The van der Waals surface area contributed by atoms with E-state index < -0.39 is 10.8 Å². The lowest BCUT2D eigenvalue weighted by Gasteiger charge is -2.04. The number of carbonyl (C=O) groups is 1. The van der Waals surface area contributed by atoms with Gasteiger partial charge >= 0.3 is 0 Å². The predicted molar refractivity (Wildman–Crippen MR) is 82.4 cm³/mol. The number of carbonyl (C=O) groups excluding carboxylic acids is 1. The van der Waals surface area contributed by atoms with Crippen LogP contribution in [0.25, 0.3) is 0 Å². The van der Waals surface area contributed by atoms with Crippen LogP contribution in [0.4, 0.5) is 4.39 Å². The molecule has 0 fully saturated rings. The molecule has 0 saturated carbocycles. The van der Waals surface area contributed by atoms with Crippen LogP contribution in [0.15, 0.2) is 53.4 Å². The van der Waals surface area contributed by atoms with Crippen LogP contribution < -0.4 is 0 Å². The summed E-state index contributed by atoms with van der Waals surface area (Å²) in [6.45, 7) is 1.96. The largest absolute Gasteiger partial charge is 0.294 e. The lowest BCUT2D eigenvalue weighted by Crippen LogP contribution is -2.04. The number of rotatable bonds is 6. The molecule has 0 amide bonds. The Labute approximate surface area is 126 Å². The Bertz CT molecular complexity index is 650. The Morgan fingerprint density at radius 3 is 2.52 bits per heavy atom. The molecule has 0 N–H and O–H groups in total. The van der Waals surface area contributed by atoms with E-state index in [4.69, 9.17) is 0 Å². The molecule has 0 heterocycles. The highest BCUT2D eigenvalue weighted by Gasteiger charge is 2.08. The third-order valence-electron chi connectivity index (χ3n) is 3.15. The summed E-state index contributed by atoms with van der Waals surface area (Å²) in [7, 11) is -1.08. The van der Waals surface area contributed by atoms with Gasteiger partial charge in [0.05, 0.1) is 10.8 Å². The normalized spacial score (nSPS) is 12.1. The van der Waals surface area contributed by atoms with Crippen molar-refractivity contribution in [2.75, 3.05) is 5.75 Å². The van der Waals surface area contributed by atoms with Crippen molar-refractivity contribution in [1.82, 2.24) is 0 Å². The maximum absolute atomic E-state index is 12.8. The molecular weight excluding hydrogens is 287 g/mol. The second-order valence-electron chi connectivity index (χ2n) is 4.90. The van der Waals surface area contributed by atoms with E-state index >= 15 is 0 Å². The summed E-state index contributed by atoms with van der Waals surface area (Å²) >= 11 is 0. The summed E-state index contributed by atoms with van der Waals surface area (Å²) in [6.07, 6.45) is 0.875. The lowest BCUT2D eigenvalue weighted by molar-refractivity contribution is 0.0982. The number of halogens is 1. The number of hydrogen-bond acceptors (Lipinski definition) is 2. The summed E-state index contributed by atoms with van der Waals surface area (Å²) in [6, 6.07) is 13.1. The molecule has 0 aliphatic rings. The van der Waals surface area contributed by atoms with E-state index in [2.05, 4.69) is 0 Å². The third-order valence-corrected chi connectivity index (χ3v) is 4.59. The fraction of sp³-hybridized carbons (Fsp3) is 0.235. The summed E-state index contributed by atoms with van der Waals surface area (Å²) in [4.78, 5) is 12.7. The summed E-state index contributed by atoms with van der Waals surface area (Å²) < 4.78 is 24.9. The van der Waals surface area contributed by atoms with Crippen molar-refractivity contribution in [3.63, 3.8) is 0 Å². The summed E-state index contributed by atoms with van der Waals surface area (Å²) in [5, 5.41) is 0. The first-order valence-electron chi connectivity index (χ1n) is 6.80. The highest BCUT2D eigenvalue weighted by molar-refractivity contribution is 7.85. The van der Waals surface area contributed by atoms with Gasteiger partial charge in [0.2, 0.25) is 0 Å². The van der Waals surface area contributed by atoms with Gasteiger partial charge in [-0.15, -0.1) is 0 Å². The minimum atomic E-state index is -1.08. The van der Waals surface area contributed by atoms with Gasteiger partial charge in [-0.25, -0.2) is 4.39 Å². The predicted octanol–water partition coefficient (Wildman–Crippen LogP) is 3.90. The van der Waals surface area contributed by atoms with Crippen molar-refractivity contribution in [2.24, 2.45) is 0 Å². The van der Waals surface area contributed by atoms with Gasteiger partial charge in [0.15, 0.2) is 5.78 Å². The molecule has 0 saturated heterocycles. The van der Waals surface area contributed by atoms with Gasteiger partial charge in [0.1, 0.15) is 5.82 Å². The van der Waals surface area contributed by atoms with Crippen LogP contribution in [0.5, 0.6) is 0 Å². The topological polar surface area (TPSA) is 34.1 Å². The average Bonchev–Trinajstić information content (AvgIpc) is 2.47. The Kier molecular flexibility index (Phi) is 5.39. The van der Waals surface area contributed by atoms with Crippen molar-refractivity contribution < 1.29 is 13.4 Å². The number of hydrogen-bond donors (Lipinski definition) is 0.